The molecule has 2 heterocycles. The van der Waals surface area contributed by atoms with Crippen LogP contribution in [0.1, 0.15) is 63.8 Å². The standard InChI is InChI=1S/C14H23NO4.C8H11N/c1-11(16)19-13-6-4-12(5-7-13)10-18-14(17)15-8-2-3-9-15;1-3-8-6-4-5-7(2)9-8/h12-13H,2-10H2,1H3;4-6H,3H2,1-2H3. The van der Waals surface area contributed by atoms with Gasteiger partial charge in [-0.25, -0.2) is 4.79 Å². The van der Waals surface area contributed by atoms with E-state index in [9.17, 15) is 9.59 Å². The molecule has 28 heavy (non-hydrogen) atoms. The van der Waals surface area contributed by atoms with Gasteiger partial charge in [0.1, 0.15) is 6.10 Å². The maximum absolute atomic E-state index is 11.7. The van der Waals surface area contributed by atoms with Gasteiger partial charge >= 0.3 is 12.1 Å². The Morgan fingerprint density at radius 2 is 1.82 bits per heavy atom. The van der Waals surface area contributed by atoms with E-state index >= 15 is 0 Å². The van der Waals surface area contributed by atoms with Crippen molar-refractivity contribution in [1.29, 1.82) is 0 Å². The number of esters is 1. The molecule has 3 rings (SSSR count). The molecule has 6 nitrogen and oxygen atoms in total. The Bertz CT molecular complexity index is 621. The van der Waals surface area contributed by atoms with Gasteiger partial charge in [-0.2, -0.15) is 0 Å². The van der Waals surface area contributed by atoms with Crippen molar-refractivity contribution in [3.05, 3.63) is 29.6 Å². The van der Waals surface area contributed by atoms with Gasteiger partial charge in [0.05, 0.1) is 6.61 Å². The molecule has 0 spiro atoms. The number of carbonyl (C=O) groups excluding carboxylic acids is 2. The Morgan fingerprint density at radius 1 is 1.14 bits per heavy atom. The summed E-state index contributed by atoms with van der Waals surface area (Å²) in [5.41, 5.74) is 2.28. The molecule has 1 amide bonds. The molecule has 0 unspecified atom stereocenters. The summed E-state index contributed by atoms with van der Waals surface area (Å²) < 4.78 is 10.6. The van der Waals surface area contributed by atoms with E-state index in [4.69, 9.17) is 9.47 Å². The minimum absolute atomic E-state index is 0.0584. The van der Waals surface area contributed by atoms with Crippen LogP contribution in [0, 0.1) is 12.8 Å². The zero-order valence-corrected chi connectivity index (χ0v) is 17.5. The lowest BCUT2D eigenvalue weighted by Crippen LogP contribution is -2.31. The number of aryl methyl sites for hydroxylation is 2. The van der Waals surface area contributed by atoms with Crippen molar-refractivity contribution in [3.63, 3.8) is 0 Å². The van der Waals surface area contributed by atoms with Crippen LogP contribution in [0.25, 0.3) is 0 Å². The summed E-state index contributed by atoms with van der Waals surface area (Å²) in [5, 5.41) is 0. The Morgan fingerprint density at radius 3 is 2.36 bits per heavy atom. The second-order valence-corrected chi connectivity index (χ2v) is 7.65. The first kappa shape index (κ1) is 22.2. The maximum Gasteiger partial charge on any atom is 0.409 e. The molecule has 1 saturated carbocycles. The van der Waals surface area contributed by atoms with Crippen molar-refractivity contribution < 1.29 is 19.1 Å². The molecule has 2 fully saturated rings. The minimum Gasteiger partial charge on any atom is -0.463 e. The lowest BCUT2D eigenvalue weighted by molar-refractivity contribution is -0.148. The number of ether oxygens (including phenoxy) is 2. The minimum atomic E-state index is -0.205. The third-order valence-corrected chi connectivity index (χ3v) is 5.24. The highest BCUT2D eigenvalue weighted by Crippen LogP contribution is 2.26. The number of likely N-dealkylation sites (tertiary alicyclic amines) is 1. The summed E-state index contributed by atoms with van der Waals surface area (Å²) in [6.45, 7) is 7.74. The van der Waals surface area contributed by atoms with Gasteiger partial charge in [0.25, 0.3) is 0 Å². The molecular weight excluding hydrogens is 356 g/mol. The highest BCUT2D eigenvalue weighted by Gasteiger charge is 2.25. The molecule has 6 heteroatoms. The number of rotatable bonds is 4. The Labute approximate surface area is 168 Å². The number of aromatic nitrogens is 1. The number of pyridine rings is 1. The third kappa shape index (κ3) is 7.87. The zero-order valence-electron chi connectivity index (χ0n) is 17.5. The van der Waals surface area contributed by atoms with E-state index in [1.54, 1.807) is 4.90 Å². The topological polar surface area (TPSA) is 68.7 Å². The Hall–Kier alpha value is -2.11. The van der Waals surface area contributed by atoms with E-state index in [-0.39, 0.29) is 18.2 Å². The van der Waals surface area contributed by atoms with E-state index in [1.807, 2.05) is 25.1 Å². The normalized spacial score (nSPS) is 21.5. The summed E-state index contributed by atoms with van der Waals surface area (Å²) in [7, 11) is 0. The van der Waals surface area contributed by atoms with Crippen LogP contribution in [-0.4, -0.2) is 47.7 Å². The van der Waals surface area contributed by atoms with Crippen molar-refractivity contribution in [1.82, 2.24) is 9.88 Å². The summed E-state index contributed by atoms with van der Waals surface area (Å²) in [5.74, 6) is 0.210. The molecule has 1 aromatic heterocycles. The molecule has 2 aliphatic rings. The van der Waals surface area contributed by atoms with Gasteiger partial charge in [-0.3, -0.25) is 9.78 Å². The predicted octanol–water partition coefficient (Wildman–Crippen LogP) is 4.29. The SMILES string of the molecule is CC(=O)OC1CCC(COC(=O)N2CCCC2)CC1.CCc1cccc(C)n1. The smallest absolute Gasteiger partial charge is 0.409 e. The molecule has 0 N–H and O–H groups in total. The average Bonchev–Trinajstić information content (AvgIpc) is 3.22. The Balaban J connectivity index is 0.000000261. The maximum atomic E-state index is 11.7. The van der Waals surface area contributed by atoms with E-state index in [0.717, 1.165) is 63.7 Å². The quantitative estimate of drug-likeness (QED) is 0.717. The number of hydrogen-bond donors (Lipinski definition) is 0. The molecule has 1 aliphatic heterocycles. The van der Waals surface area contributed by atoms with Crippen LogP contribution >= 0.6 is 0 Å². The van der Waals surface area contributed by atoms with Gasteiger partial charge in [0.2, 0.25) is 0 Å². The number of carbonyl (C=O) groups is 2. The van der Waals surface area contributed by atoms with Crippen LogP contribution in [0.2, 0.25) is 0 Å². The molecule has 0 aromatic carbocycles. The fourth-order valence-electron chi connectivity index (χ4n) is 3.63. The van der Waals surface area contributed by atoms with Crippen LogP contribution in [0.15, 0.2) is 18.2 Å². The second-order valence-electron chi connectivity index (χ2n) is 7.65. The summed E-state index contributed by atoms with van der Waals surface area (Å²) in [6.07, 6.45) is 6.78. The Kier molecular flexibility index (Phi) is 9.24. The van der Waals surface area contributed by atoms with Gasteiger partial charge in [-0.1, -0.05) is 13.0 Å². The van der Waals surface area contributed by atoms with Crippen molar-refractivity contribution >= 4 is 12.1 Å². The lowest BCUT2D eigenvalue weighted by atomic mass is 9.88. The average molecular weight is 391 g/mol. The van der Waals surface area contributed by atoms with Crippen LogP contribution in [-0.2, 0) is 20.7 Å². The van der Waals surface area contributed by atoms with Crippen molar-refractivity contribution in [2.24, 2.45) is 5.92 Å². The number of hydrogen-bond acceptors (Lipinski definition) is 5. The first-order valence-corrected chi connectivity index (χ1v) is 10.5. The van der Waals surface area contributed by atoms with Gasteiger partial charge in [0.15, 0.2) is 0 Å². The largest absolute Gasteiger partial charge is 0.463 e. The van der Waals surface area contributed by atoms with Crippen LogP contribution in [0.4, 0.5) is 4.79 Å². The van der Waals surface area contributed by atoms with E-state index in [2.05, 4.69) is 11.9 Å². The van der Waals surface area contributed by atoms with Crippen LogP contribution < -0.4 is 0 Å². The molecule has 1 saturated heterocycles. The van der Waals surface area contributed by atoms with Gasteiger partial charge in [-0.05, 0) is 69.9 Å². The molecular formula is C22H34N2O4. The highest BCUT2D eigenvalue weighted by atomic mass is 16.6. The number of amides is 1. The monoisotopic (exact) mass is 390 g/mol. The molecule has 156 valence electrons. The number of nitrogens with zero attached hydrogens (tertiary/aromatic N) is 2. The lowest BCUT2D eigenvalue weighted by Gasteiger charge is -2.28. The second kappa shape index (κ2) is 11.7. The first-order chi connectivity index (χ1) is 13.5. The fourth-order valence-corrected chi connectivity index (χ4v) is 3.63. The van der Waals surface area contributed by atoms with E-state index in [0.29, 0.717) is 12.5 Å². The molecule has 0 bridgehead atoms. The van der Waals surface area contributed by atoms with Gasteiger partial charge < -0.3 is 14.4 Å². The van der Waals surface area contributed by atoms with Gasteiger partial charge in [0, 0.05) is 31.4 Å². The zero-order chi connectivity index (χ0) is 20.4. The van der Waals surface area contributed by atoms with Crippen molar-refractivity contribution in [2.75, 3.05) is 19.7 Å². The first-order valence-electron chi connectivity index (χ1n) is 10.5. The van der Waals surface area contributed by atoms with E-state index in [1.165, 1.54) is 12.6 Å². The van der Waals surface area contributed by atoms with Crippen LogP contribution in [0.5, 0.6) is 0 Å². The fraction of sp³-hybridized carbons (Fsp3) is 0.682. The van der Waals surface area contributed by atoms with Crippen LogP contribution in [0.3, 0.4) is 0 Å². The summed E-state index contributed by atoms with van der Waals surface area (Å²) >= 11 is 0. The van der Waals surface area contributed by atoms with Crippen molar-refractivity contribution in [3.8, 4) is 0 Å². The highest BCUT2D eigenvalue weighted by molar-refractivity contribution is 5.67. The van der Waals surface area contributed by atoms with E-state index < -0.39 is 0 Å². The molecule has 0 radical (unpaired) electrons. The summed E-state index contributed by atoms with van der Waals surface area (Å²) in [6, 6.07) is 6.10. The molecule has 1 aromatic rings. The molecule has 1 aliphatic carbocycles. The van der Waals surface area contributed by atoms with Crippen molar-refractivity contribution in [2.45, 2.75) is 71.8 Å². The predicted molar refractivity (Wildman–Crippen MR) is 108 cm³/mol. The van der Waals surface area contributed by atoms with Gasteiger partial charge in [-0.15, -0.1) is 0 Å². The summed E-state index contributed by atoms with van der Waals surface area (Å²) in [4.78, 5) is 28.7. The third-order valence-electron chi connectivity index (χ3n) is 5.24. The molecule has 0 atom stereocenters.